The van der Waals surface area contributed by atoms with Gasteiger partial charge in [0.25, 0.3) is 0 Å². The number of hydrogen-bond acceptors (Lipinski definition) is 1. The van der Waals surface area contributed by atoms with Crippen molar-refractivity contribution in [1.82, 2.24) is 0 Å². The van der Waals surface area contributed by atoms with E-state index in [-0.39, 0.29) is 5.91 Å². The lowest BCUT2D eigenvalue weighted by atomic mass is 9.97. The third-order valence-corrected chi connectivity index (χ3v) is 4.01. The minimum Gasteiger partial charge on any atom is -0.366 e. The number of amides is 1. The minimum atomic E-state index is -0.337. The van der Waals surface area contributed by atoms with Crippen molar-refractivity contribution >= 4 is 16.7 Å². The molecular weight excluding hydrogens is 258 g/mol. The summed E-state index contributed by atoms with van der Waals surface area (Å²) in [5, 5.41) is 2.06. The molecular formula is C19H25NO. The first-order valence-electron chi connectivity index (χ1n) is 8.04. The lowest BCUT2D eigenvalue weighted by molar-refractivity contribution is 0.100. The van der Waals surface area contributed by atoms with E-state index in [1.165, 1.54) is 44.1 Å². The van der Waals surface area contributed by atoms with Crippen LogP contribution in [0.5, 0.6) is 0 Å². The summed E-state index contributed by atoms with van der Waals surface area (Å²) in [7, 11) is 0. The smallest absolute Gasteiger partial charge is 0.249 e. The highest BCUT2D eigenvalue weighted by Gasteiger charge is 2.08. The van der Waals surface area contributed by atoms with Crippen LogP contribution in [0.4, 0.5) is 0 Å². The van der Waals surface area contributed by atoms with E-state index in [2.05, 4.69) is 13.0 Å². The summed E-state index contributed by atoms with van der Waals surface area (Å²) >= 11 is 0. The first-order chi connectivity index (χ1) is 10.2. The number of unbranched alkanes of at least 4 members (excludes halogenated alkanes) is 5. The number of rotatable bonds is 8. The largest absolute Gasteiger partial charge is 0.366 e. The van der Waals surface area contributed by atoms with Gasteiger partial charge in [0.2, 0.25) is 5.91 Å². The molecule has 0 aliphatic heterocycles. The van der Waals surface area contributed by atoms with Crippen molar-refractivity contribution in [2.45, 2.75) is 51.9 Å². The van der Waals surface area contributed by atoms with Crippen LogP contribution < -0.4 is 5.73 Å². The molecule has 0 unspecified atom stereocenters. The number of aryl methyl sites for hydroxylation is 1. The van der Waals surface area contributed by atoms with Crippen LogP contribution in [0.1, 0.15) is 61.4 Å². The molecule has 2 aromatic carbocycles. The molecule has 0 aliphatic carbocycles. The van der Waals surface area contributed by atoms with E-state index in [1.54, 1.807) is 0 Å². The van der Waals surface area contributed by atoms with Crippen LogP contribution >= 0.6 is 0 Å². The van der Waals surface area contributed by atoms with Gasteiger partial charge < -0.3 is 5.73 Å². The van der Waals surface area contributed by atoms with Gasteiger partial charge in [-0.15, -0.1) is 0 Å². The predicted molar refractivity (Wildman–Crippen MR) is 89.5 cm³/mol. The molecule has 0 aliphatic rings. The second kappa shape index (κ2) is 7.82. The number of fused-ring (bicyclic) bond motifs is 1. The highest BCUT2D eigenvalue weighted by molar-refractivity contribution is 6.06. The van der Waals surface area contributed by atoms with E-state index in [1.807, 2.05) is 30.3 Å². The molecule has 1 amide bonds. The molecule has 0 aromatic heterocycles. The van der Waals surface area contributed by atoms with Crippen molar-refractivity contribution in [2.24, 2.45) is 5.73 Å². The number of primary amides is 1. The zero-order chi connectivity index (χ0) is 15.1. The van der Waals surface area contributed by atoms with Gasteiger partial charge in [0, 0.05) is 5.56 Å². The SMILES string of the molecule is CCCCCCCCc1cc(C(N)=O)c2ccccc2c1. The molecule has 2 rings (SSSR count). The first-order valence-corrected chi connectivity index (χ1v) is 8.04. The van der Waals surface area contributed by atoms with Crippen LogP contribution in [-0.2, 0) is 6.42 Å². The highest BCUT2D eigenvalue weighted by Crippen LogP contribution is 2.22. The van der Waals surface area contributed by atoms with Gasteiger partial charge in [-0.1, -0.05) is 69.4 Å². The van der Waals surface area contributed by atoms with Crippen LogP contribution in [0.25, 0.3) is 10.8 Å². The lowest BCUT2D eigenvalue weighted by Gasteiger charge is -2.08. The number of carbonyl (C=O) groups is 1. The summed E-state index contributed by atoms with van der Waals surface area (Å²) < 4.78 is 0. The van der Waals surface area contributed by atoms with Crippen LogP contribution in [0.15, 0.2) is 36.4 Å². The van der Waals surface area contributed by atoms with Crippen molar-refractivity contribution in [1.29, 1.82) is 0 Å². The standard InChI is InChI=1S/C19H25NO/c1-2-3-4-5-6-7-10-15-13-16-11-8-9-12-17(16)18(14-15)19(20)21/h8-9,11-14H,2-7,10H2,1H3,(H2,20,21). The van der Waals surface area contributed by atoms with Crippen molar-refractivity contribution in [3.05, 3.63) is 47.5 Å². The second-order valence-electron chi connectivity index (χ2n) is 5.75. The van der Waals surface area contributed by atoms with E-state index in [0.717, 1.165) is 17.2 Å². The Morgan fingerprint density at radius 1 is 1.00 bits per heavy atom. The maximum atomic E-state index is 11.6. The minimum absolute atomic E-state index is 0.337. The number of benzene rings is 2. The van der Waals surface area contributed by atoms with Crippen LogP contribution in [0.2, 0.25) is 0 Å². The molecule has 2 aromatic rings. The maximum Gasteiger partial charge on any atom is 0.249 e. The summed E-state index contributed by atoms with van der Waals surface area (Å²) in [5.74, 6) is -0.337. The third kappa shape index (κ3) is 4.32. The first kappa shape index (κ1) is 15.6. The molecule has 2 nitrogen and oxygen atoms in total. The molecule has 0 bridgehead atoms. The van der Waals surface area contributed by atoms with Crippen molar-refractivity contribution in [2.75, 3.05) is 0 Å². The van der Waals surface area contributed by atoms with E-state index < -0.39 is 0 Å². The average Bonchev–Trinajstić information content (AvgIpc) is 2.49. The fourth-order valence-electron chi connectivity index (χ4n) is 2.83. The van der Waals surface area contributed by atoms with Crippen LogP contribution in [0.3, 0.4) is 0 Å². The summed E-state index contributed by atoms with van der Waals surface area (Å²) in [4.78, 5) is 11.6. The molecule has 0 atom stereocenters. The highest BCUT2D eigenvalue weighted by atomic mass is 16.1. The van der Waals surface area contributed by atoms with Gasteiger partial charge >= 0.3 is 0 Å². The quantitative estimate of drug-likeness (QED) is 0.692. The van der Waals surface area contributed by atoms with Gasteiger partial charge in [0.1, 0.15) is 0 Å². The molecule has 0 radical (unpaired) electrons. The topological polar surface area (TPSA) is 43.1 Å². The second-order valence-corrected chi connectivity index (χ2v) is 5.75. The molecule has 0 heterocycles. The van der Waals surface area contributed by atoms with Crippen LogP contribution in [-0.4, -0.2) is 5.91 Å². The Bertz CT molecular complexity index is 604. The summed E-state index contributed by atoms with van der Waals surface area (Å²) in [6.45, 7) is 2.24. The van der Waals surface area contributed by atoms with Gasteiger partial charge in [-0.05, 0) is 35.2 Å². The zero-order valence-electron chi connectivity index (χ0n) is 12.9. The van der Waals surface area contributed by atoms with Gasteiger partial charge in [-0.3, -0.25) is 4.79 Å². The lowest BCUT2D eigenvalue weighted by Crippen LogP contribution is -2.12. The van der Waals surface area contributed by atoms with Crippen molar-refractivity contribution in [3.8, 4) is 0 Å². The average molecular weight is 283 g/mol. The monoisotopic (exact) mass is 283 g/mol. The molecule has 0 saturated carbocycles. The Balaban J connectivity index is 2.05. The Morgan fingerprint density at radius 2 is 1.71 bits per heavy atom. The molecule has 0 fully saturated rings. The number of carbonyl (C=O) groups excluding carboxylic acids is 1. The Kier molecular flexibility index (Phi) is 5.79. The fraction of sp³-hybridized carbons (Fsp3) is 0.421. The molecule has 2 N–H and O–H groups in total. The molecule has 0 spiro atoms. The van der Waals surface area contributed by atoms with Crippen LogP contribution in [0, 0.1) is 0 Å². The summed E-state index contributed by atoms with van der Waals surface area (Å²) in [6.07, 6.45) is 8.73. The number of nitrogens with two attached hydrogens (primary N) is 1. The zero-order valence-corrected chi connectivity index (χ0v) is 12.9. The van der Waals surface area contributed by atoms with E-state index in [0.29, 0.717) is 5.56 Å². The molecule has 112 valence electrons. The van der Waals surface area contributed by atoms with E-state index >= 15 is 0 Å². The van der Waals surface area contributed by atoms with E-state index in [9.17, 15) is 4.79 Å². The molecule has 2 heteroatoms. The fourth-order valence-corrected chi connectivity index (χ4v) is 2.83. The molecule has 21 heavy (non-hydrogen) atoms. The van der Waals surface area contributed by atoms with Gasteiger partial charge in [0.05, 0.1) is 0 Å². The van der Waals surface area contributed by atoms with E-state index in [4.69, 9.17) is 5.73 Å². The normalized spacial score (nSPS) is 10.9. The summed E-state index contributed by atoms with van der Waals surface area (Å²) in [5.41, 5.74) is 7.39. The maximum absolute atomic E-state index is 11.6. The van der Waals surface area contributed by atoms with Crippen molar-refractivity contribution < 1.29 is 4.79 Å². The number of hydrogen-bond donors (Lipinski definition) is 1. The molecule has 0 saturated heterocycles. The Hall–Kier alpha value is -1.83. The Morgan fingerprint density at radius 3 is 2.48 bits per heavy atom. The summed E-state index contributed by atoms with van der Waals surface area (Å²) in [6, 6.07) is 12.1. The van der Waals surface area contributed by atoms with Gasteiger partial charge in [-0.2, -0.15) is 0 Å². The van der Waals surface area contributed by atoms with Crippen molar-refractivity contribution in [3.63, 3.8) is 0 Å². The Labute approximate surface area is 127 Å². The van der Waals surface area contributed by atoms with Gasteiger partial charge in [0.15, 0.2) is 0 Å². The third-order valence-electron chi connectivity index (χ3n) is 4.01. The predicted octanol–water partition coefficient (Wildman–Crippen LogP) is 4.84. The van der Waals surface area contributed by atoms with Gasteiger partial charge in [-0.25, -0.2) is 0 Å².